The van der Waals surface area contributed by atoms with E-state index in [0.717, 1.165) is 18.4 Å². The summed E-state index contributed by atoms with van der Waals surface area (Å²) in [7, 11) is 0. The van der Waals surface area contributed by atoms with Crippen LogP contribution < -0.4 is 19.8 Å². The molecule has 35 heavy (non-hydrogen) atoms. The maximum Gasteiger partial charge on any atom is 0.383 e. The van der Waals surface area contributed by atoms with Crippen LogP contribution in [0.5, 0.6) is 17.2 Å². The predicted molar refractivity (Wildman–Crippen MR) is 133 cm³/mol. The fourth-order valence-corrected chi connectivity index (χ4v) is 3.30. The molecule has 1 heterocycles. The molecule has 0 saturated carbocycles. The van der Waals surface area contributed by atoms with E-state index in [9.17, 15) is 14.4 Å². The van der Waals surface area contributed by atoms with E-state index in [-0.39, 0.29) is 34.8 Å². The molecule has 0 unspecified atom stereocenters. The van der Waals surface area contributed by atoms with Crippen LogP contribution in [0.3, 0.4) is 0 Å². The van der Waals surface area contributed by atoms with E-state index in [1.165, 1.54) is 18.6 Å². The van der Waals surface area contributed by atoms with Crippen molar-refractivity contribution in [1.82, 2.24) is 0 Å². The van der Waals surface area contributed by atoms with Gasteiger partial charge in [-0.2, -0.15) is 0 Å². The van der Waals surface area contributed by atoms with Gasteiger partial charge in [0.2, 0.25) is 5.75 Å². The molecule has 0 radical (unpaired) electrons. The van der Waals surface area contributed by atoms with Crippen molar-refractivity contribution in [2.24, 2.45) is 0 Å². The van der Waals surface area contributed by atoms with E-state index in [4.69, 9.17) is 18.6 Å². The van der Waals surface area contributed by atoms with E-state index >= 15 is 0 Å². The zero-order chi connectivity index (χ0) is 25.4. The third-order valence-electron chi connectivity index (χ3n) is 5.02. The van der Waals surface area contributed by atoms with Crippen LogP contribution in [0.4, 0.5) is 0 Å². The smallest absolute Gasteiger partial charge is 0.383 e. The Bertz CT molecular complexity index is 1330. The van der Waals surface area contributed by atoms with Crippen molar-refractivity contribution in [2.75, 3.05) is 6.61 Å². The van der Waals surface area contributed by atoms with Crippen molar-refractivity contribution in [3.8, 4) is 17.2 Å². The number of fused-ring (bicyclic) bond motifs is 1. The molecule has 0 spiro atoms. The summed E-state index contributed by atoms with van der Waals surface area (Å²) in [6.07, 6.45) is 5.77. The summed E-state index contributed by atoms with van der Waals surface area (Å²) in [5.41, 5.74) is 1.76. The van der Waals surface area contributed by atoms with Crippen LogP contribution in [0, 0.1) is 0 Å². The van der Waals surface area contributed by atoms with Crippen molar-refractivity contribution in [3.63, 3.8) is 0 Å². The van der Waals surface area contributed by atoms with Gasteiger partial charge in [-0.05, 0) is 64.0 Å². The Labute approximate surface area is 203 Å². The highest BCUT2D eigenvalue weighted by atomic mass is 16.6. The molecule has 0 aliphatic carbocycles. The van der Waals surface area contributed by atoms with Crippen LogP contribution in [0.2, 0.25) is 0 Å². The van der Waals surface area contributed by atoms with Gasteiger partial charge in [0.05, 0.1) is 10.9 Å². The molecule has 0 fully saturated rings. The minimum absolute atomic E-state index is 0.0237. The summed E-state index contributed by atoms with van der Waals surface area (Å²) in [6.45, 7) is 7.39. The average molecular weight is 477 g/mol. The topological polar surface area (TPSA) is 92.0 Å². The first-order chi connectivity index (χ1) is 16.8. The molecule has 0 aliphatic heterocycles. The number of carbonyl (C=O) groups is 2. The Morgan fingerprint density at radius 1 is 0.886 bits per heavy atom. The van der Waals surface area contributed by atoms with Crippen molar-refractivity contribution in [3.05, 3.63) is 87.8 Å². The van der Waals surface area contributed by atoms with Gasteiger partial charge in [0.1, 0.15) is 6.61 Å². The molecule has 182 valence electrons. The molecule has 7 heteroatoms. The van der Waals surface area contributed by atoms with Gasteiger partial charge < -0.3 is 18.6 Å². The highest BCUT2D eigenvalue weighted by Gasteiger charge is 2.23. The van der Waals surface area contributed by atoms with Gasteiger partial charge in [-0.3, -0.25) is 4.79 Å². The van der Waals surface area contributed by atoms with E-state index in [2.05, 4.69) is 6.08 Å². The normalized spacial score (nSPS) is 11.1. The van der Waals surface area contributed by atoms with Gasteiger partial charge in [-0.25, -0.2) is 9.59 Å². The first kappa shape index (κ1) is 25.5. The van der Waals surface area contributed by atoms with Crippen molar-refractivity contribution in [2.45, 2.75) is 40.5 Å². The van der Waals surface area contributed by atoms with E-state index in [1.54, 1.807) is 42.5 Å². The summed E-state index contributed by atoms with van der Waals surface area (Å²) in [5, 5.41) is 0.256. The minimum Gasteiger partial charge on any atom is -0.480 e. The first-order valence-electron chi connectivity index (χ1n) is 11.2. The van der Waals surface area contributed by atoms with Gasteiger partial charge in [0, 0.05) is 6.92 Å². The Morgan fingerprint density at radius 3 is 2.31 bits per heavy atom. The number of para-hydroxylation sites is 1. The van der Waals surface area contributed by atoms with Crippen LogP contribution in [0.15, 0.2) is 81.0 Å². The minimum atomic E-state index is -0.858. The van der Waals surface area contributed by atoms with Crippen molar-refractivity contribution in [1.29, 1.82) is 0 Å². The maximum atomic E-state index is 12.9. The second-order valence-corrected chi connectivity index (χ2v) is 8.21. The molecule has 0 saturated heterocycles. The number of allylic oxidation sites excluding steroid dienone is 3. The number of carbonyl (C=O) groups excluding carboxylic acids is 2. The van der Waals surface area contributed by atoms with Gasteiger partial charge in [-0.15, -0.1) is 0 Å². The predicted octanol–water partition coefficient (Wildman–Crippen LogP) is 6.01. The quantitative estimate of drug-likeness (QED) is 0.162. The average Bonchev–Trinajstić information content (AvgIpc) is 2.81. The molecule has 0 amide bonds. The maximum absolute atomic E-state index is 12.9. The highest BCUT2D eigenvalue weighted by molar-refractivity contribution is 5.97. The Morgan fingerprint density at radius 2 is 1.63 bits per heavy atom. The molecule has 0 aliphatic rings. The Hall–Kier alpha value is -4.13. The van der Waals surface area contributed by atoms with Crippen molar-refractivity contribution >= 4 is 22.9 Å². The largest absolute Gasteiger partial charge is 0.480 e. The van der Waals surface area contributed by atoms with E-state index in [0.29, 0.717) is 5.56 Å². The molecule has 3 aromatic rings. The second-order valence-electron chi connectivity index (χ2n) is 8.21. The monoisotopic (exact) mass is 476 g/mol. The number of esters is 2. The second kappa shape index (κ2) is 11.8. The van der Waals surface area contributed by atoms with Gasteiger partial charge in [0.15, 0.2) is 17.1 Å². The molecule has 3 rings (SSSR count). The van der Waals surface area contributed by atoms with E-state index in [1.807, 2.05) is 26.8 Å². The summed E-state index contributed by atoms with van der Waals surface area (Å²) in [6, 6.07) is 13.0. The lowest BCUT2D eigenvalue weighted by molar-refractivity contribution is -0.131. The number of rotatable bonds is 9. The summed E-state index contributed by atoms with van der Waals surface area (Å²) < 4.78 is 22.0. The molecule has 0 bridgehead atoms. The number of hydrogen-bond donors (Lipinski definition) is 0. The number of benzene rings is 2. The first-order valence-corrected chi connectivity index (χ1v) is 11.2. The van der Waals surface area contributed by atoms with Crippen LogP contribution in [-0.4, -0.2) is 18.5 Å². The third-order valence-corrected chi connectivity index (χ3v) is 5.02. The lowest BCUT2D eigenvalue weighted by atomic mass is 10.1. The Balaban J connectivity index is 1.99. The molecule has 1 aromatic heterocycles. The molecular formula is C28H28O7. The van der Waals surface area contributed by atoms with Gasteiger partial charge >= 0.3 is 17.6 Å². The SMILES string of the molecule is CC(=O)Oc1cccc2c(OC(=O)c3ccccc3)c(OCC=C(C)CCC=C(C)C)c(=O)oc12. The molecule has 0 atom stereocenters. The van der Waals surface area contributed by atoms with E-state index < -0.39 is 17.6 Å². The van der Waals surface area contributed by atoms with Crippen LogP contribution in [0.25, 0.3) is 11.0 Å². The fourth-order valence-electron chi connectivity index (χ4n) is 3.30. The molecule has 0 N–H and O–H groups in total. The summed E-state index contributed by atoms with van der Waals surface area (Å²) >= 11 is 0. The lowest BCUT2D eigenvalue weighted by Crippen LogP contribution is -2.15. The summed E-state index contributed by atoms with van der Waals surface area (Å²) in [5.74, 6) is -1.57. The van der Waals surface area contributed by atoms with Crippen LogP contribution >= 0.6 is 0 Å². The zero-order valence-electron chi connectivity index (χ0n) is 20.3. The highest BCUT2D eigenvalue weighted by Crippen LogP contribution is 2.37. The summed E-state index contributed by atoms with van der Waals surface area (Å²) in [4.78, 5) is 37.2. The zero-order valence-corrected chi connectivity index (χ0v) is 20.3. The van der Waals surface area contributed by atoms with Crippen LogP contribution in [0.1, 0.15) is 50.9 Å². The molecule has 2 aromatic carbocycles. The third kappa shape index (κ3) is 6.93. The van der Waals surface area contributed by atoms with Crippen molar-refractivity contribution < 1.29 is 28.2 Å². The molecular weight excluding hydrogens is 448 g/mol. The Kier molecular flexibility index (Phi) is 8.62. The van der Waals surface area contributed by atoms with Gasteiger partial charge in [0.25, 0.3) is 0 Å². The van der Waals surface area contributed by atoms with Gasteiger partial charge in [-0.1, -0.05) is 41.5 Å². The number of hydrogen-bond acceptors (Lipinski definition) is 7. The fraction of sp³-hybridized carbons (Fsp3) is 0.250. The molecule has 7 nitrogen and oxygen atoms in total. The number of ether oxygens (including phenoxy) is 3. The standard InChI is InChI=1S/C28H28O7/c1-18(2)10-8-11-19(3)16-17-32-26-25(35-27(30)21-12-6-5-7-13-21)22-14-9-15-23(33-20(4)29)24(22)34-28(26)31/h5-7,9-10,12-16H,8,11,17H2,1-4H3. The lowest BCUT2D eigenvalue weighted by Gasteiger charge is -2.13. The van der Waals surface area contributed by atoms with Crippen LogP contribution in [-0.2, 0) is 4.79 Å².